The Kier molecular flexibility index (Phi) is 5.65. The van der Waals surface area contributed by atoms with Gasteiger partial charge in [-0.3, -0.25) is 10.1 Å². The minimum Gasteiger partial charge on any atom is -0.362 e. The van der Waals surface area contributed by atoms with E-state index in [0.717, 1.165) is 12.2 Å². The topological polar surface area (TPSA) is 73.0 Å². The zero-order valence-corrected chi connectivity index (χ0v) is 13.0. The van der Waals surface area contributed by atoms with Crippen molar-refractivity contribution in [1.82, 2.24) is 9.78 Å². The Morgan fingerprint density at radius 3 is 2.58 bits per heavy atom. The molecular weight excluding hydrogens is 264 g/mol. The van der Waals surface area contributed by atoms with Gasteiger partial charge < -0.3 is 5.32 Å². The molecule has 0 spiro atoms. The van der Waals surface area contributed by atoms with E-state index in [1.165, 1.54) is 0 Å². The van der Waals surface area contributed by atoms with Crippen molar-refractivity contribution in [3.63, 3.8) is 0 Å². The summed E-state index contributed by atoms with van der Waals surface area (Å²) in [5.74, 6) is 1.54. The van der Waals surface area contributed by atoms with Crippen molar-refractivity contribution in [1.29, 1.82) is 0 Å². The third-order valence-electron chi connectivity index (χ3n) is 2.86. The van der Waals surface area contributed by atoms with Crippen molar-refractivity contribution >= 4 is 23.3 Å². The smallest absolute Gasteiger partial charge is 0.333 e. The summed E-state index contributed by atoms with van der Waals surface area (Å²) in [4.78, 5) is 10.8. The highest BCUT2D eigenvalue weighted by Crippen LogP contribution is 2.31. The van der Waals surface area contributed by atoms with Crippen molar-refractivity contribution in [2.24, 2.45) is 0 Å². The minimum absolute atomic E-state index is 0.0858. The van der Waals surface area contributed by atoms with Crippen molar-refractivity contribution in [2.45, 2.75) is 46.2 Å². The van der Waals surface area contributed by atoms with Crippen LogP contribution >= 0.6 is 11.8 Å². The minimum atomic E-state index is -0.356. The monoisotopic (exact) mass is 286 g/mol. The number of nitro groups is 1. The molecule has 1 aromatic rings. The Bertz CT molecular complexity index is 445. The lowest BCUT2D eigenvalue weighted by Crippen LogP contribution is -2.20. The van der Waals surface area contributed by atoms with Crippen LogP contribution in [0, 0.1) is 17.0 Å². The molecule has 0 saturated carbocycles. The van der Waals surface area contributed by atoms with E-state index in [-0.39, 0.29) is 22.7 Å². The van der Waals surface area contributed by atoms with E-state index < -0.39 is 0 Å². The van der Waals surface area contributed by atoms with E-state index in [2.05, 4.69) is 16.7 Å². The molecule has 7 heteroatoms. The number of aryl methyl sites for hydroxylation is 1. The molecule has 1 unspecified atom stereocenters. The van der Waals surface area contributed by atoms with Crippen molar-refractivity contribution in [2.75, 3.05) is 17.3 Å². The molecule has 0 bridgehead atoms. The Hall–Kier alpha value is -1.24. The fourth-order valence-electron chi connectivity index (χ4n) is 1.87. The second kappa shape index (κ2) is 6.79. The van der Waals surface area contributed by atoms with Gasteiger partial charge in [0.25, 0.3) is 0 Å². The van der Waals surface area contributed by atoms with E-state index in [1.807, 2.05) is 20.8 Å². The van der Waals surface area contributed by atoms with Gasteiger partial charge >= 0.3 is 5.69 Å². The Morgan fingerprint density at radius 1 is 1.47 bits per heavy atom. The van der Waals surface area contributed by atoms with Gasteiger partial charge in [-0.25, -0.2) is 4.68 Å². The van der Waals surface area contributed by atoms with Gasteiger partial charge in [-0.05, 0) is 46.1 Å². The SMILES string of the molecule is CSCCC(C)Nc1c([N+](=O)[O-])c(C)nn1C(C)C. The molecular formula is C12H22N4O2S. The Balaban J connectivity index is 3.05. The first-order valence-corrected chi connectivity index (χ1v) is 7.76. The number of nitrogens with one attached hydrogen (secondary N) is 1. The highest BCUT2D eigenvalue weighted by Gasteiger charge is 2.27. The predicted octanol–water partition coefficient (Wildman–Crippen LogP) is 3.23. The zero-order valence-electron chi connectivity index (χ0n) is 12.1. The van der Waals surface area contributed by atoms with Gasteiger partial charge in [-0.2, -0.15) is 16.9 Å². The molecule has 0 saturated heterocycles. The molecule has 108 valence electrons. The van der Waals surface area contributed by atoms with Crippen LogP contribution in [0.5, 0.6) is 0 Å². The first-order valence-electron chi connectivity index (χ1n) is 6.37. The summed E-state index contributed by atoms with van der Waals surface area (Å²) in [5, 5.41) is 18.7. The van der Waals surface area contributed by atoms with Crippen LogP contribution in [-0.4, -0.2) is 32.8 Å². The van der Waals surface area contributed by atoms with Crippen LogP contribution in [0.4, 0.5) is 11.5 Å². The van der Waals surface area contributed by atoms with E-state index in [4.69, 9.17) is 0 Å². The molecule has 1 N–H and O–H groups in total. The Labute approximate surface area is 118 Å². The fourth-order valence-corrected chi connectivity index (χ4v) is 2.46. The number of hydrogen-bond acceptors (Lipinski definition) is 5. The highest BCUT2D eigenvalue weighted by molar-refractivity contribution is 7.98. The lowest BCUT2D eigenvalue weighted by atomic mass is 10.2. The second-order valence-electron chi connectivity index (χ2n) is 4.90. The number of anilines is 1. The van der Waals surface area contributed by atoms with E-state index >= 15 is 0 Å². The molecule has 0 fully saturated rings. The van der Waals surface area contributed by atoms with Crippen molar-refractivity contribution in [3.05, 3.63) is 15.8 Å². The van der Waals surface area contributed by atoms with Gasteiger partial charge in [0.15, 0.2) is 0 Å². The maximum atomic E-state index is 11.2. The molecule has 0 aliphatic carbocycles. The van der Waals surface area contributed by atoms with E-state index in [0.29, 0.717) is 11.5 Å². The van der Waals surface area contributed by atoms with Crippen LogP contribution in [0.3, 0.4) is 0 Å². The van der Waals surface area contributed by atoms with Crippen LogP contribution in [0.15, 0.2) is 0 Å². The highest BCUT2D eigenvalue weighted by atomic mass is 32.2. The predicted molar refractivity (Wildman–Crippen MR) is 80.1 cm³/mol. The lowest BCUT2D eigenvalue weighted by Gasteiger charge is -2.17. The van der Waals surface area contributed by atoms with E-state index in [9.17, 15) is 10.1 Å². The largest absolute Gasteiger partial charge is 0.362 e. The van der Waals surface area contributed by atoms with Gasteiger partial charge in [0.1, 0.15) is 5.69 Å². The third-order valence-corrected chi connectivity index (χ3v) is 3.51. The van der Waals surface area contributed by atoms with Crippen LogP contribution in [0.1, 0.15) is 38.9 Å². The van der Waals surface area contributed by atoms with Crippen molar-refractivity contribution in [3.8, 4) is 0 Å². The number of aromatic nitrogens is 2. The molecule has 0 aliphatic rings. The van der Waals surface area contributed by atoms with Gasteiger partial charge in [0.05, 0.1) is 4.92 Å². The molecule has 0 amide bonds. The first kappa shape index (κ1) is 15.8. The van der Waals surface area contributed by atoms with Crippen molar-refractivity contribution < 1.29 is 4.92 Å². The number of hydrogen-bond donors (Lipinski definition) is 1. The number of nitrogens with zero attached hydrogens (tertiary/aromatic N) is 3. The summed E-state index contributed by atoms with van der Waals surface area (Å²) in [6.07, 6.45) is 3.01. The summed E-state index contributed by atoms with van der Waals surface area (Å²) in [6, 6.07) is 0.266. The summed E-state index contributed by atoms with van der Waals surface area (Å²) >= 11 is 1.77. The van der Waals surface area contributed by atoms with E-state index in [1.54, 1.807) is 23.4 Å². The fraction of sp³-hybridized carbons (Fsp3) is 0.750. The van der Waals surface area contributed by atoms with Gasteiger partial charge in [-0.1, -0.05) is 0 Å². The molecule has 1 rings (SSSR count). The molecule has 1 atom stereocenters. The maximum absolute atomic E-state index is 11.2. The quantitative estimate of drug-likeness (QED) is 0.615. The summed E-state index contributed by atoms with van der Waals surface area (Å²) in [7, 11) is 0. The summed E-state index contributed by atoms with van der Waals surface area (Å²) < 4.78 is 1.70. The normalized spacial score (nSPS) is 12.7. The number of rotatable bonds is 7. The average molecular weight is 286 g/mol. The molecule has 6 nitrogen and oxygen atoms in total. The molecule has 0 radical (unpaired) electrons. The molecule has 0 aromatic carbocycles. The molecule has 0 aliphatic heterocycles. The van der Waals surface area contributed by atoms with Crippen LogP contribution in [0.25, 0.3) is 0 Å². The van der Waals surface area contributed by atoms with Gasteiger partial charge in [0.2, 0.25) is 5.82 Å². The lowest BCUT2D eigenvalue weighted by molar-refractivity contribution is -0.384. The Morgan fingerprint density at radius 2 is 2.11 bits per heavy atom. The average Bonchev–Trinajstić information content (AvgIpc) is 2.63. The van der Waals surface area contributed by atoms with Gasteiger partial charge in [-0.15, -0.1) is 0 Å². The zero-order chi connectivity index (χ0) is 14.6. The van der Waals surface area contributed by atoms with Gasteiger partial charge in [0, 0.05) is 12.1 Å². The molecule has 19 heavy (non-hydrogen) atoms. The third kappa shape index (κ3) is 3.86. The molecule has 1 aromatic heterocycles. The number of thioether (sulfide) groups is 1. The maximum Gasteiger partial charge on any atom is 0.333 e. The van der Waals surface area contributed by atoms with Crippen LogP contribution in [-0.2, 0) is 0 Å². The summed E-state index contributed by atoms with van der Waals surface area (Å²) in [5.41, 5.74) is 0.544. The second-order valence-corrected chi connectivity index (χ2v) is 5.89. The standard InChI is InChI=1S/C12H22N4O2S/c1-8(2)15-12(13-9(3)6-7-19-5)11(16(17)18)10(4)14-15/h8-9,13H,6-7H2,1-5H3. The first-order chi connectivity index (χ1) is 8.88. The summed E-state index contributed by atoms with van der Waals surface area (Å²) in [6.45, 7) is 7.64. The van der Waals surface area contributed by atoms with Crippen LogP contribution < -0.4 is 5.32 Å². The van der Waals surface area contributed by atoms with Crippen LogP contribution in [0.2, 0.25) is 0 Å². The molecule has 1 heterocycles.